The van der Waals surface area contributed by atoms with Gasteiger partial charge < -0.3 is 10.6 Å². The van der Waals surface area contributed by atoms with Crippen molar-refractivity contribution in [3.8, 4) is 0 Å². The van der Waals surface area contributed by atoms with Crippen LogP contribution in [0, 0.1) is 5.82 Å². The predicted molar refractivity (Wildman–Crippen MR) is 67.2 cm³/mol. The molecule has 0 aromatic heterocycles. The van der Waals surface area contributed by atoms with Crippen LogP contribution in [0.25, 0.3) is 0 Å². The Bertz CT molecular complexity index is 618. The molecule has 1 aliphatic rings. The topological polar surface area (TPSA) is 83.7 Å². The molecule has 0 radical (unpaired) electrons. The molecule has 104 valence electrons. The lowest BCUT2D eigenvalue weighted by Crippen LogP contribution is -2.50. The van der Waals surface area contributed by atoms with Crippen LogP contribution in [-0.4, -0.2) is 50.2 Å². The molecule has 1 aromatic rings. The molecule has 1 fully saturated rings. The first-order valence-electron chi connectivity index (χ1n) is 5.61. The molecule has 0 saturated carbocycles. The molecular formula is C11H14FN3O3S. The number of likely N-dealkylation sites (N-methyl/N-ethyl adjacent to an activating group) is 1. The molecule has 1 aromatic carbocycles. The fourth-order valence-electron chi connectivity index (χ4n) is 1.81. The highest BCUT2D eigenvalue weighted by Gasteiger charge is 2.32. The van der Waals surface area contributed by atoms with Crippen molar-refractivity contribution in [2.24, 2.45) is 0 Å². The van der Waals surface area contributed by atoms with E-state index in [0.717, 1.165) is 16.4 Å². The van der Waals surface area contributed by atoms with Gasteiger partial charge in [0.25, 0.3) is 0 Å². The largest absolute Gasteiger partial charge is 0.398 e. The maximum absolute atomic E-state index is 13.2. The number of anilines is 1. The molecule has 1 amide bonds. The molecule has 8 heteroatoms. The number of nitrogens with zero attached hydrogens (tertiary/aromatic N) is 2. The van der Waals surface area contributed by atoms with Gasteiger partial charge in [-0.3, -0.25) is 4.79 Å². The zero-order valence-corrected chi connectivity index (χ0v) is 11.2. The number of carbonyl (C=O) groups excluding carboxylic acids is 1. The van der Waals surface area contributed by atoms with Crippen molar-refractivity contribution in [3.63, 3.8) is 0 Å². The summed E-state index contributed by atoms with van der Waals surface area (Å²) in [5.41, 5.74) is 5.54. The second-order valence-electron chi connectivity index (χ2n) is 4.34. The Balaban J connectivity index is 2.37. The average Bonchev–Trinajstić information content (AvgIpc) is 2.35. The van der Waals surface area contributed by atoms with Crippen LogP contribution < -0.4 is 5.73 Å². The zero-order chi connectivity index (χ0) is 14.2. The number of hydrogen-bond donors (Lipinski definition) is 1. The van der Waals surface area contributed by atoms with Crippen molar-refractivity contribution < 1.29 is 17.6 Å². The molecule has 1 aliphatic heterocycles. The molecule has 0 bridgehead atoms. The third-order valence-electron chi connectivity index (χ3n) is 3.02. The summed E-state index contributed by atoms with van der Waals surface area (Å²) in [4.78, 5) is 12.7. The van der Waals surface area contributed by atoms with Crippen LogP contribution in [0.2, 0.25) is 0 Å². The van der Waals surface area contributed by atoms with Crippen LogP contribution in [0.15, 0.2) is 23.1 Å². The molecule has 0 atom stereocenters. The number of piperazine rings is 1. The first-order valence-corrected chi connectivity index (χ1v) is 7.05. The molecule has 2 N–H and O–H groups in total. The smallest absolute Gasteiger partial charge is 0.245 e. The number of nitrogen functional groups attached to an aromatic ring is 1. The molecular weight excluding hydrogens is 273 g/mol. The molecule has 1 heterocycles. The monoisotopic (exact) mass is 287 g/mol. The number of hydrogen-bond acceptors (Lipinski definition) is 4. The van der Waals surface area contributed by atoms with Crippen LogP contribution >= 0.6 is 0 Å². The van der Waals surface area contributed by atoms with E-state index in [4.69, 9.17) is 5.73 Å². The highest BCUT2D eigenvalue weighted by molar-refractivity contribution is 7.89. The highest BCUT2D eigenvalue weighted by Crippen LogP contribution is 2.24. The van der Waals surface area contributed by atoms with Crippen molar-refractivity contribution in [1.82, 2.24) is 9.21 Å². The Morgan fingerprint density at radius 1 is 1.32 bits per heavy atom. The fourth-order valence-corrected chi connectivity index (χ4v) is 3.32. The van der Waals surface area contributed by atoms with Crippen molar-refractivity contribution >= 4 is 21.6 Å². The highest BCUT2D eigenvalue weighted by atomic mass is 32.2. The van der Waals surface area contributed by atoms with Gasteiger partial charge in [0, 0.05) is 20.1 Å². The van der Waals surface area contributed by atoms with Gasteiger partial charge in [-0.15, -0.1) is 0 Å². The maximum Gasteiger partial charge on any atom is 0.245 e. The summed E-state index contributed by atoms with van der Waals surface area (Å²) in [6, 6.07) is 3.15. The van der Waals surface area contributed by atoms with E-state index >= 15 is 0 Å². The summed E-state index contributed by atoms with van der Waals surface area (Å²) in [5, 5.41) is 0. The lowest BCUT2D eigenvalue weighted by atomic mass is 10.3. The first-order chi connectivity index (χ1) is 8.82. The molecule has 1 saturated heterocycles. The number of amides is 1. The van der Waals surface area contributed by atoms with Gasteiger partial charge in [-0.2, -0.15) is 4.31 Å². The second-order valence-corrected chi connectivity index (χ2v) is 6.24. The Hall–Kier alpha value is -1.67. The Kier molecular flexibility index (Phi) is 3.46. The maximum atomic E-state index is 13.2. The number of rotatable bonds is 2. The molecule has 2 rings (SSSR count). The lowest BCUT2D eigenvalue weighted by Gasteiger charge is -2.31. The SMILES string of the molecule is CN1CCN(S(=O)(=O)c2cc(F)ccc2N)CC1=O. The standard InChI is InChI=1S/C11H14FN3O3S/c1-14-4-5-15(7-11(14)16)19(17,18)10-6-8(12)2-3-9(10)13/h2-3,6H,4-5,7,13H2,1H3. The normalized spacial score (nSPS) is 17.8. The molecule has 0 aliphatic carbocycles. The Labute approximate surface area is 110 Å². The van der Waals surface area contributed by atoms with Gasteiger partial charge in [-0.1, -0.05) is 0 Å². The van der Waals surface area contributed by atoms with Gasteiger partial charge in [-0.05, 0) is 18.2 Å². The van der Waals surface area contributed by atoms with Crippen molar-refractivity contribution in [2.75, 3.05) is 32.4 Å². The number of halogens is 1. The lowest BCUT2D eigenvalue weighted by molar-refractivity contribution is -0.132. The quantitative estimate of drug-likeness (QED) is 0.768. The van der Waals surface area contributed by atoms with E-state index in [2.05, 4.69) is 0 Å². The Morgan fingerprint density at radius 3 is 2.63 bits per heavy atom. The van der Waals surface area contributed by atoms with Gasteiger partial charge in [0.2, 0.25) is 15.9 Å². The second kappa shape index (κ2) is 4.78. The van der Waals surface area contributed by atoms with Gasteiger partial charge in [0.05, 0.1) is 12.2 Å². The number of benzene rings is 1. The van der Waals surface area contributed by atoms with Crippen LogP contribution in [0.5, 0.6) is 0 Å². The summed E-state index contributed by atoms with van der Waals surface area (Å²) < 4.78 is 38.8. The summed E-state index contributed by atoms with van der Waals surface area (Å²) in [5.74, 6) is -0.988. The van der Waals surface area contributed by atoms with Crippen LogP contribution in [-0.2, 0) is 14.8 Å². The van der Waals surface area contributed by atoms with E-state index in [-0.39, 0.29) is 29.6 Å². The molecule has 19 heavy (non-hydrogen) atoms. The van der Waals surface area contributed by atoms with Crippen LogP contribution in [0.4, 0.5) is 10.1 Å². The third kappa shape index (κ3) is 2.54. The van der Waals surface area contributed by atoms with Crippen molar-refractivity contribution in [2.45, 2.75) is 4.90 Å². The summed E-state index contributed by atoms with van der Waals surface area (Å²) >= 11 is 0. The van der Waals surface area contributed by atoms with Gasteiger partial charge in [-0.25, -0.2) is 12.8 Å². The van der Waals surface area contributed by atoms with E-state index in [1.165, 1.54) is 11.0 Å². The van der Waals surface area contributed by atoms with Crippen molar-refractivity contribution in [3.05, 3.63) is 24.0 Å². The fraction of sp³-hybridized carbons (Fsp3) is 0.364. The van der Waals surface area contributed by atoms with Gasteiger partial charge in [0.15, 0.2) is 0 Å². The Morgan fingerprint density at radius 2 is 2.00 bits per heavy atom. The zero-order valence-electron chi connectivity index (χ0n) is 10.3. The van der Waals surface area contributed by atoms with E-state index < -0.39 is 15.8 Å². The molecule has 0 spiro atoms. The molecule has 6 nitrogen and oxygen atoms in total. The average molecular weight is 287 g/mol. The molecule has 0 unspecified atom stereocenters. The number of carbonyl (C=O) groups is 1. The minimum atomic E-state index is -3.95. The minimum absolute atomic E-state index is 0.0345. The van der Waals surface area contributed by atoms with E-state index in [0.29, 0.717) is 6.54 Å². The minimum Gasteiger partial charge on any atom is -0.398 e. The van der Waals surface area contributed by atoms with Gasteiger partial charge in [0.1, 0.15) is 10.7 Å². The van der Waals surface area contributed by atoms with E-state index in [9.17, 15) is 17.6 Å². The number of nitrogens with two attached hydrogens (primary N) is 1. The van der Waals surface area contributed by atoms with Crippen molar-refractivity contribution in [1.29, 1.82) is 0 Å². The predicted octanol–water partition coefficient (Wildman–Crippen LogP) is -0.129. The van der Waals surface area contributed by atoms with Crippen LogP contribution in [0.3, 0.4) is 0 Å². The van der Waals surface area contributed by atoms with E-state index in [1.807, 2.05) is 0 Å². The summed E-state index contributed by atoms with van der Waals surface area (Å²) in [6.45, 7) is 0.211. The summed E-state index contributed by atoms with van der Waals surface area (Å²) in [7, 11) is -2.35. The third-order valence-corrected chi connectivity index (χ3v) is 4.92. The summed E-state index contributed by atoms with van der Waals surface area (Å²) in [6.07, 6.45) is 0. The van der Waals surface area contributed by atoms with Crippen LogP contribution in [0.1, 0.15) is 0 Å². The van der Waals surface area contributed by atoms with E-state index in [1.54, 1.807) is 7.05 Å². The van der Waals surface area contributed by atoms with Gasteiger partial charge >= 0.3 is 0 Å². The number of sulfonamides is 1. The first kappa shape index (κ1) is 13.8.